The second-order valence-corrected chi connectivity index (χ2v) is 5.62. The number of rotatable bonds is 5. The fraction of sp³-hybridized carbons (Fsp3) is 0.188. The SMILES string of the molecule is c1nc(COc2ccc3nncn3n2)n(Cc2ccc3c(c2)OCO3)n1. The van der Waals surface area contributed by atoms with Crippen LogP contribution in [0, 0.1) is 0 Å². The zero-order valence-electron chi connectivity index (χ0n) is 13.5. The van der Waals surface area contributed by atoms with Crippen molar-refractivity contribution in [3.8, 4) is 17.4 Å². The molecule has 0 saturated carbocycles. The molecule has 0 bridgehead atoms. The summed E-state index contributed by atoms with van der Waals surface area (Å²) in [7, 11) is 0. The van der Waals surface area contributed by atoms with E-state index in [0.717, 1.165) is 17.1 Å². The van der Waals surface area contributed by atoms with Crippen LogP contribution in [0.1, 0.15) is 11.4 Å². The molecule has 4 heterocycles. The summed E-state index contributed by atoms with van der Waals surface area (Å²) in [6.07, 6.45) is 3.02. The summed E-state index contributed by atoms with van der Waals surface area (Å²) >= 11 is 0. The van der Waals surface area contributed by atoms with Crippen molar-refractivity contribution >= 4 is 5.65 Å². The van der Waals surface area contributed by atoms with Gasteiger partial charge < -0.3 is 14.2 Å². The second kappa shape index (κ2) is 5.99. The minimum atomic E-state index is 0.241. The van der Waals surface area contributed by atoms with Gasteiger partial charge in [0.25, 0.3) is 0 Å². The molecule has 10 nitrogen and oxygen atoms in total. The molecule has 5 rings (SSSR count). The van der Waals surface area contributed by atoms with Crippen LogP contribution in [0.25, 0.3) is 5.65 Å². The van der Waals surface area contributed by atoms with Gasteiger partial charge in [-0.1, -0.05) is 6.07 Å². The fourth-order valence-corrected chi connectivity index (χ4v) is 2.67. The van der Waals surface area contributed by atoms with Gasteiger partial charge in [0, 0.05) is 6.07 Å². The van der Waals surface area contributed by atoms with Crippen molar-refractivity contribution in [2.24, 2.45) is 0 Å². The lowest BCUT2D eigenvalue weighted by molar-refractivity contribution is 0.174. The van der Waals surface area contributed by atoms with Gasteiger partial charge in [0.1, 0.15) is 19.3 Å². The van der Waals surface area contributed by atoms with E-state index in [1.807, 2.05) is 18.2 Å². The van der Waals surface area contributed by atoms with Crippen LogP contribution in [0.5, 0.6) is 17.4 Å². The summed E-state index contributed by atoms with van der Waals surface area (Å²) in [6.45, 7) is 1.05. The van der Waals surface area contributed by atoms with Gasteiger partial charge in [-0.05, 0) is 23.8 Å². The lowest BCUT2D eigenvalue weighted by Gasteiger charge is -2.08. The van der Waals surface area contributed by atoms with Crippen LogP contribution in [0.3, 0.4) is 0 Å². The Morgan fingerprint density at radius 3 is 3.08 bits per heavy atom. The number of nitrogens with zero attached hydrogens (tertiary/aromatic N) is 7. The van der Waals surface area contributed by atoms with E-state index in [-0.39, 0.29) is 13.4 Å². The van der Waals surface area contributed by atoms with Crippen LogP contribution in [0.15, 0.2) is 43.0 Å². The molecule has 0 atom stereocenters. The summed E-state index contributed by atoms with van der Waals surface area (Å²) in [4.78, 5) is 4.26. The minimum Gasteiger partial charge on any atom is -0.468 e. The van der Waals surface area contributed by atoms with E-state index in [9.17, 15) is 0 Å². The maximum absolute atomic E-state index is 5.72. The topological polar surface area (TPSA) is 101 Å². The Morgan fingerprint density at radius 2 is 2.08 bits per heavy atom. The van der Waals surface area contributed by atoms with Crippen molar-refractivity contribution in [1.29, 1.82) is 0 Å². The molecule has 0 unspecified atom stereocenters. The molecule has 0 saturated heterocycles. The Kier molecular flexibility index (Phi) is 3.37. The van der Waals surface area contributed by atoms with Crippen LogP contribution in [0.2, 0.25) is 0 Å². The van der Waals surface area contributed by atoms with Gasteiger partial charge in [0.05, 0.1) is 6.54 Å². The second-order valence-electron chi connectivity index (χ2n) is 5.62. The summed E-state index contributed by atoms with van der Waals surface area (Å²) in [5, 5.41) is 16.2. The molecular formula is C16H13N7O3. The van der Waals surface area contributed by atoms with E-state index in [0.29, 0.717) is 23.9 Å². The average Bonchev–Trinajstić information content (AvgIpc) is 3.40. The monoisotopic (exact) mass is 351 g/mol. The first kappa shape index (κ1) is 14.6. The van der Waals surface area contributed by atoms with Crippen molar-refractivity contribution < 1.29 is 14.2 Å². The van der Waals surface area contributed by atoms with E-state index >= 15 is 0 Å². The minimum absolute atomic E-state index is 0.241. The third kappa shape index (κ3) is 2.66. The molecule has 1 aliphatic rings. The summed E-state index contributed by atoms with van der Waals surface area (Å²) in [5.41, 5.74) is 1.69. The number of hydrogen-bond acceptors (Lipinski definition) is 8. The summed E-state index contributed by atoms with van der Waals surface area (Å²) in [5.74, 6) is 2.64. The van der Waals surface area contributed by atoms with Gasteiger partial charge in [-0.2, -0.15) is 9.61 Å². The Bertz CT molecular complexity index is 1070. The number of benzene rings is 1. The highest BCUT2D eigenvalue weighted by Gasteiger charge is 2.14. The van der Waals surface area contributed by atoms with Crippen molar-refractivity contribution in [1.82, 2.24) is 34.6 Å². The third-order valence-corrected chi connectivity index (χ3v) is 3.95. The molecule has 26 heavy (non-hydrogen) atoms. The van der Waals surface area contributed by atoms with Gasteiger partial charge >= 0.3 is 0 Å². The molecular weight excluding hydrogens is 338 g/mol. The molecule has 3 aromatic heterocycles. The average molecular weight is 351 g/mol. The highest BCUT2D eigenvalue weighted by atomic mass is 16.7. The van der Waals surface area contributed by atoms with Crippen LogP contribution in [-0.2, 0) is 13.2 Å². The first-order valence-electron chi connectivity index (χ1n) is 7.90. The summed E-state index contributed by atoms with van der Waals surface area (Å²) in [6, 6.07) is 9.33. The lowest BCUT2D eigenvalue weighted by Crippen LogP contribution is -2.10. The third-order valence-electron chi connectivity index (χ3n) is 3.95. The molecule has 0 N–H and O–H groups in total. The molecule has 1 aliphatic heterocycles. The van der Waals surface area contributed by atoms with Crippen molar-refractivity contribution in [2.75, 3.05) is 6.79 Å². The molecule has 1 aromatic carbocycles. The molecule has 0 amide bonds. The molecule has 4 aromatic rings. The normalized spacial score (nSPS) is 12.6. The number of hydrogen-bond donors (Lipinski definition) is 0. The Labute approximate surface area is 147 Å². The first-order valence-corrected chi connectivity index (χ1v) is 7.90. The quantitative estimate of drug-likeness (QED) is 0.526. The number of ether oxygens (including phenoxy) is 3. The van der Waals surface area contributed by atoms with Crippen LogP contribution >= 0.6 is 0 Å². The molecule has 0 spiro atoms. The zero-order chi connectivity index (χ0) is 17.3. The molecule has 0 aliphatic carbocycles. The maximum Gasteiger partial charge on any atom is 0.232 e. The predicted octanol–water partition coefficient (Wildman–Crippen LogP) is 1.07. The molecule has 130 valence electrons. The Hall–Kier alpha value is -3.69. The summed E-state index contributed by atoms with van der Waals surface area (Å²) < 4.78 is 19.8. The maximum atomic E-state index is 5.72. The fourth-order valence-electron chi connectivity index (χ4n) is 2.67. The van der Waals surface area contributed by atoms with E-state index in [2.05, 4.69) is 25.4 Å². The van der Waals surface area contributed by atoms with Crippen molar-refractivity contribution in [3.05, 3.63) is 54.4 Å². The first-order chi connectivity index (χ1) is 12.8. The molecule has 0 fully saturated rings. The van der Waals surface area contributed by atoms with Crippen LogP contribution in [-0.4, -0.2) is 41.4 Å². The van der Waals surface area contributed by atoms with E-state index in [1.165, 1.54) is 12.7 Å². The lowest BCUT2D eigenvalue weighted by atomic mass is 10.2. The highest BCUT2D eigenvalue weighted by Crippen LogP contribution is 2.32. The Balaban J connectivity index is 1.31. The number of aromatic nitrogens is 7. The number of fused-ring (bicyclic) bond motifs is 2. The zero-order valence-corrected chi connectivity index (χ0v) is 13.5. The van der Waals surface area contributed by atoms with Gasteiger partial charge in [-0.25, -0.2) is 9.67 Å². The highest BCUT2D eigenvalue weighted by molar-refractivity contribution is 5.44. The standard InChI is InChI=1S/C16H13N7O3/c1-2-12-13(26-10-25-12)5-11(1)6-22-15(17-8-19-22)7-24-16-4-3-14-20-18-9-23(14)21-16/h1-5,8-9H,6-7,10H2. The molecule has 10 heteroatoms. The van der Waals surface area contributed by atoms with E-state index < -0.39 is 0 Å². The van der Waals surface area contributed by atoms with Crippen molar-refractivity contribution in [3.63, 3.8) is 0 Å². The van der Waals surface area contributed by atoms with Crippen molar-refractivity contribution in [2.45, 2.75) is 13.2 Å². The van der Waals surface area contributed by atoms with E-state index in [4.69, 9.17) is 14.2 Å². The van der Waals surface area contributed by atoms with Gasteiger partial charge in [-0.15, -0.1) is 15.3 Å². The van der Waals surface area contributed by atoms with Gasteiger partial charge in [0.15, 0.2) is 23.0 Å². The largest absolute Gasteiger partial charge is 0.468 e. The van der Waals surface area contributed by atoms with E-state index in [1.54, 1.807) is 21.3 Å². The predicted molar refractivity (Wildman–Crippen MR) is 86.8 cm³/mol. The van der Waals surface area contributed by atoms with Gasteiger partial charge in [0.2, 0.25) is 12.7 Å². The Morgan fingerprint density at radius 1 is 1.12 bits per heavy atom. The van der Waals surface area contributed by atoms with Gasteiger partial charge in [-0.3, -0.25) is 0 Å². The smallest absolute Gasteiger partial charge is 0.232 e. The van der Waals surface area contributed by atoms with Crippen LogP contribution < -0.4 is 14.2 Å². The van der Waals surface area contributed by atoms with Crippen LogP contribution in [0.4, 0.5) is 0 Å². The molecule has 0 radical (unpaired) electrons.